The van der Waals surface area contributed by atoms with E-state index in [1.807, 2.05) is 69.3 Å². The molecule has 0 aliphatic carbocycles. The summed E-state index contributed by atoms with van der Waals surface area (Å²) in [5.41, 5.74) is 3.50. The number of likely N-dealkylation sites (N-methyl/N-ethyl adjacent to an activating group) is 1. The minimum absolute atomic E-state index is 0.00268. The highest BCUT2D eigenvalue weighted by molar-refractivity contribution is 6.31. The molecule has 1 amide bonds. The van der Waals surface area contributed by atoms with Gasteiger partial charge < -0.3 is 9.32 Å². The van der Waals surface area contributed by atoms with Crippen molar-refractivity contribution in [2.75, 3.05) is 13.1 Å². The lowest BCUT2D eigenvalue weighted by molar-refractivity contribution is -0.125. The van der Waals surface area contributed by atoms with Crippen LogP contribution in [0, 0.1) is 0 Å². The van der Waals surface area contributed by atoms with Gasteiger partial charge in [0, 0.05) is 40.7 Å². The van der Waals surface area contributed by atoms with Gasteiger partial charge in [-0.05, 0) is 44.5 Å². The number of benzene rings is 2. The average Bonchev–Trinajstić information content (AvgIpc) is 3.02. The van der Waals surface area contributed by atoms with Crippen LogP contribution in [0.3, 0.4) is 0 Å². The molecule has 134 valence electrons. The Balaban J connectivity index is 2.19. The molecule has 0 atom stereocenters. The molecule has 4 heteroatoms. The van der Waals surface area contributed by atoms with Crippen molar-refractivity contribution in [3.63, 3.8) is 0 Å². The Morgan fingerprint density at radius 3 is 2.46 bits per heavy atom. The molecule has 0 spiro atoms. The van der Waals surface area contributed by atoms with Gasteiger partial charge in [0.15, 0.2) is 0 Å². The summed E-state index contributed by atoms with van der Waals surface area (Å²) in [6.45, 7) is 7.27. The number of halogens is 1. The van der Waals surface area contributed by atoms with Crippen molar-refractivity contribution in [2.24, 2.45) is 0 Å². The molecule has 26 heavy (non-hydrogen) atoms. The van der Waals surface area contributed by atoms with Crippen LogP contribution < -0.4 is 0 Å². The van der Waals surface area contributed by atoms with E-state index in [-0.39, 0.29) is 5.91 Å². The maximum Gasteiger partial charge on any atom is 0.246 e. The van der Waals surface area contributed by atoms with Crippen LogP contribution in [-0.4, -0.2) is 23.9 Å². The Morgan fingerprint density at radius 2 is 1.81 bits per heavy atom. The fourth-order valence-electron chi connectivity index (χ4n) is 3.14. The highest BCUT2D eigenvalue weighted by atomic mass is 35.5. The maximum atomic E-state index is 12.6. The second kappa shape index (κ2) is 7.79. The molecule has 0 aliphatic rings. The third kappa shape index (κ3) is 3.54. The SMILES string of the molecule is CCN(CC)C(=O)C=C(C)c1c(-c2ccccc2)oc2ccc(Cl)cc12. The first kappa shape index (κ1) is 18.3. The second-order valence-electron chi connectivity index (χ2n) is 6.15. The monoisotopic (exact) mass is 367 g/mol. The molecule has 1 heterocycles. The van der Waals surface area contributed by atoms with Gasteiger partial charge in [0.1, 0.15) is 11.3 Å². The molecule has 0 N–H and O–H groups in total. The van der Waals surface area contributed by atoms with Crippen LogP contribution in [-0.2, 0) is 4.79 Å². The lowest BCUT2D eigenvalue weighted by Gasteiger charge is -2.16. The molecule has 0 bridgehead atoms. The Morgan fingerprint density at radius 1 is 1.12 bits per heavy atom. The Labute approximate surface area is 158 Å². The largest absolute Gasteiger partial charge is 0.455 e. The number of hydrogen-bond donors (Lipinski definition) is 0. The Hall–Kier alpha value is -2.52. The van der Waals surface area contributed by atoms with Crippen molar-refractivity contribution in [3.8, 4) is 11.3 Å². The van der Waals surface area contributed by atoms with Gasteiger partial charge in [0.25, 0.3) is 0 Å². The molecular formula is C22H22ClNO2. The quantitative estimate of drug-likeness (QED) is 0.516. The van der Waals surface area contributed by atoms with Crippen molar-refractivity contribution in [1.82, 2.24) is 4.90 Å². The van der Waals surface area contributed by atoms with Crippen LogP contribution in [0.4, 0.5) is 0 Å². The normalized spacial score (nSPS) is 11.8. The smallest absolute Gasteiger partial charge is 0.246 e. The topological polar surface area (TPSA) is 33.5 Å². The van der Waals surface area contributed by atoms with Crippen LogP contribution in [0.15, 0.2) is 59.0 Å². The standard InChI is InChI=1S/C22H22ClNO2/c1-4-24(5-2)20(25)13-15(3)21-18-14-17(23)11-12-19(18)26-22(21)16-9-7-6-8-10-16/h6-14H,4-5H2,1-3H3. The van der Waals surface area contributed by atoms with E-state index in [4.69, 9.17) is 16.0 Å². The van der Waals surface area contributed by atoms with Crippen LogP contribution in [0.2, 0.25) is 5.02 Å². The van der Waals surface area contributed by atoms with Crippen molar-refractivity contribution in [1.29, 1.82) is 0 Å². The van der Waals surface area contributed by atoms with Crippen molar-refractivity contribution in [2.45, 2.75) is 20.8 Å². The van der Waals surface area contributed by atoms with Gasteiger partial charge in [-0.2, -0.15) is 0 Å². The van der Waals surface area contributed by atoms with E-state index in [1.54, 1.807) is 11.0 Å². The number of furan rings is 1. The first-order valence-electron chi connectivity index (χ1n) is 8.80. The molecule has 3 rings (SSSR count). The summed E-state index contributed by atoms with van der Waals surface area (Å²) in [7, 11) is 0. The molecule has 0 aliphatic heterocycles. The summed E-state index contributed by atoms with van der Waals surface area (Å²) >= 11 is 6.22. The summed E-state index contributed by atoms with van der Waals surface area (Å²) < 4.78 is 6.13. The zero-order chi connectivity index (χ0) is 18.7. The molecule has 0 saturated carbocycles. The van der Waals surface area contributed by atoms with Crippen LogP contribution in [0.5, 0.6) is 0 Å². The van der Waals surface area contributed by atoms with Gasteiger partial charge in [-0.3, -0.25) is 4.79 Å². The van der Waals surface area contributed by atoms with E-state index >= 15 is 0 Å². The molecule has 0 fully saturated rings. The van der Waals surface area contributed by atoms with Crippen molar-refractivity contribution in [3.05, 3.63) is 65.2 Å². The van der Waals surface area contributed by atoms with Gasteiger partial charge in [-0.1, -0.05) is 41.9 Å². The summed E-state index contributed by atoms with van der Waals surface area (Å²) in [6.07, 6.45) is 1.69. The predicted molar refractivity (Wildman–Crippen MR) is 108 cm³/mol. The molecule has 2 aromatic carbocycles. The van der Waals surface area contributed by atoms with E-state index in [1.165, 1.54) is 0 Å². The fraction of sp³-hybridized carbons (Fsp3) is 0.227. The van der Waals surface area contributed by atoms with E-state index in [0.29, 0.717) is 18.1 Å². The third-order valence-corrected chi connectivity index (χ3v) is 4.73. The molecule has 0 unspecified atom stereocenters. The maximum absolute atomic E-state index is 12.6. The summed E-state index contributed by atoms with van der Waals surface area (Å²) in [6, 6.07) is 15.5. The highest BCUT2D eigenvalue weighted by Gasteiger charge is 2.19. The molecular weight excluding hydrogens is 346 g/mol. The van der Waals surface area contributed by atoms with Gasteiger partial charge in [-0.25, -0.2) is 0 Å². The van der Waals surface area contributed by atoms with Gasteiger partial charge >= 0.3 is 0 Å². The molecule has 3 nitrogen and oxygen atoms in total. The average molecular weight is 368 g/mol. The number of hydrogen-bond acceptors (Lipinski definition) is 2. The first-order valence-corrected chi connectivity index (χ1v) is 9.18. The molecule has 1 aromatic heterocycles. The molecule has 3 aromatic rings. The van der Waals surface area contributed by atoms with Gasteiger partial charge in [-0.15, -0.1) is 0 Å². The number of nitrogens with zero attached hydrogens (tertiary/aromatic N) is 1. The third-order valence-electron chi connectivity index (χ3n) is 4.50. The number of allylic oxidation sites excluding steroid dienone is 1. The fourth-order valence-corrected chi connectivity index (χ4v) is 3.31. The Kier molecular flexibility index (Phi) is 5.48. The molecule has 0 saturated heterocycles. The van der Waals surface area contributed by atoms with Crippen molar-refractivity contribution < 1.29 is 9.21 Å². The summed E-state index contributed by atoms with van der Waals surface area (Å²) in [5.74, 6) is 0.756. The highest BCUT2D eigenvalue weighted by Crippen LogP contribution is 2.38. The number of fused-ring (bicyclic) bond motifs is 1. The summed E-state index contributed by atoms with van der Waals surface area (Å²) in [4.78, 5) is 14.3. The zero-order valence-corrected chi connectivity index (χ0v) is 16.0. The predicted octanol–water partition coefficient (Wildman–Crippen LogP) is 6.02. The van der Waals surface area contributed by atoms with Gasteiger partial charge in [0.05, 0.1) is 0 Å². The van der Waals surface area contributed by atoms with Gasteiger partial charge in [0.2, 0.25) is 5.91 Å². The Bertz CT molecular complexity index is 953. The zero-order valence-electron chi connectivity index (χ0n) is 15.3. The number of carbonyl (C=O) groups is 1. The van der Waals surface area contributed by atoms with E-state index in [2.05, 4.69) is 0 Å². The van der Waals surface area contributed by atoms with E-state index < -0.39 is 0 Å². The number of carbonyl (C=O) groups excluding carboxylic acids is 1. The lowest BCUT2D eigenvalue weighted by atomic mass is 9.99. The van der Waals surface area contributed by atoms with Crippen molar-refractivity contribution >= 4 is 34.1 Å². The second-order valence-corrected chi connectivity index (χ2v) is 6.59. The van der Waals surface area contributed by atoms with Crippen LogP contribution in [0.25, 0.3) is 27.9 Å². The molecule has 0 radical (unpaired) electrons. The first-order chi connectivity index (χ1) is 12.5. The summed E-state index contributed by atoms with van der Waals surface area (Å²) in [5, 5.41) is 1.56. The van der Waals surface area contributed by atoms with Crippen LogP contribution in [0.1, 0.15) is 26.3 Å². The number of rotatable bonds is 5. The minimum Gasteiger partial charge on any atom is -0.455 e. The van der Waals surface area contributed by atoms with E-state index in [0.717, 1.165) is 33.4 Å². The van der Waals surface area contributed by atoms with E-state index in [9.17, 15) is 4.79 Å². The lowest BCUT2D eigenvalue weighted by Crippen LogP contribution is -2.28. The number of amides is 1. The van der Waals surface area contributed by atoms with Crippen LogP contribution >= 0.6 is 11.6 Å². The minimum atomic E-state index is 0.00268.